The number of urea groups is 1. The van der Waals surface area contributed by atoms with Crippen molar-refractivity contribution < 1.29 is 27.5 Å². The molecule has 1 unspecified atom stereocenters. The quantitative estimate of drug-likeness (QED) is 0.433. The molecular weight excluding hydrogens is 489 g/mol. The Morgan fingerprint density at radius 3 is 2.61 bits per heavy atom. The predicted octanol–water partition coefficient (Wildman–Crippen LogP) is 2.76. The van der Waals surface area contributed by atoms with Crippen LogP contribution in [0.3, 0.4) is 0 Å². The topological polar surface area (TPSA) is 131 Å². The Hall–Kier alpha value is -2.60. The smallest absolute Gasteiger partial charge is 0.326 e. The summed E-state index contributed by atoms with van der Waals surface area (Å²) in [5.41, 5.74) is -0.466. The first kappa shape index (κ1) is 26.5. The molecule has 10 nitrogen and oxygen atoms in total. The maximum atomic E-state index is 14.7. The number of phenolic OH excluding ortho intramolecular Hbond substituents is 1. The number of aromatic hydroxyl groups is 1. The third kappa shape index (κ3) is 5.69. The van der Waals surface area contributed by atoms with E-state index >= 15 is 0 Å². The lowest BCUT2D eigenvalue weighted by atomic mass is 9.68. The molecule has 1 atom stereocenters. The molecule has 3 amide bonds. The van der Waals surface area contributed by atoms with E-state index in [1.807, 2.05) is 0 Å². The van der Waals surface area contributed by atoms with Gasteiger partial charge in [-0.1, -0.05) is 33.1 Å². The van der Waals surface area contributed by atoms with Gasteiger partial charge in [0.25, 0.3) is 5.91 Å². The number of halogens is 1. The van der Waals surface area contributed by atoms with Crippen LogP contribution in [0.1, 0.15) is 52.4 Å². The zero-order chi connectivity index (χ0) is 26.1. The van der Waals surface area contributed by atoms with Crippen molar-refractivity contribution >= 4 is 33.5 Å². The maximum absolute atomic E-state index is 14.7. The Morgan fingerprint density at radius 2 is 2.00 bits per heavy atom. The molecule has 36 heavy (non-hydrogen) atoms. The molecule has 1 aliphatic carbocycles. The van der Waals surface area contributed by atoms with Gasteiger partial charge in [0.05, 0.1) is 0 Å². The number of hydrogen-bond acceptors (Lipinski definition) is 6. The first-order valence-corrected chi connectivity index (χ1v) is 14.1. The van der Waals surface area contributed by atoms with Gasteiger partial charge in [-0.25, -0.2) is 18.2 Å². The number of anilines is 2. The number of carbonyl (C=O) groups excluding carboxylic acids is 2. The van der Waals surface area contributed by atoms with Crippen molar-refractivity contribution in [3.05, 3.63) is 17.9 Å². The molecule has 2 heterocycles. The minimum atomic E-state index is -4.29. The van der Waals surface area contributed by atoms with E-state index in [9.17, 15) is 27.5 Å². The molecule has 2 aliphatic heterocycles. The number of nitrogens with zero attached hydrogens (tertiary/aromatic N) is 2. The molecular formula is C24H36FN5O5S. The van der Waals surface area contributed by atoms with Gasteiger partial charge in [0.2, 0.25) is 0 Å². The zero-order valence-electron chi connectivity index (χ0n) is 20.8. The summed E-state index contributed by atoms with van der Waals surface area (Å²) in [7, 11) is -4.29. The van der Waals surface area contributed by atoms with Gasteiger partial charge in [-0.3, -0.25) is 4.79 Å². The van der Waals surface area contributed by atoms with Crippen LogP contribution in [-0.2, 0) is 15.0 Å². The minimum Gasteiger partial charge on any atom is -0.506 e. The van der Waals surface area contributed by atoms with Crippen LogP contribution >= 0.6 is 0 Å². The van der Waals surface area contributed by atoms with Crippen molar-refractivity contribution in [3.63, 3.8) is 0 Å². The Balaban J connectivity index is 1.39. The maximum Gasteiger partial charge on any atom is 0.326 e. The third-order valence-electron chi connectivity index (χ3n) is 7.63. The van der Waals surface area contributed by atoms with Crippen LogP contribution in [-0.4, -0.2) is 63.1 Å². The lowest BCUT2D eigenvalue weighted by Crippen LogP contribution is -2.41. The van der Waals surface area contributed by atoms with Gasteiger partial charge >= 0.3 is 16.2 Å². The first-order valence-electron chi connectivity index (χ1n) is 12.6. The van der Waals surface area contributed by atoms with Gasteiger partial charge in [0.1, 0.15) is 18.0 Å². The Labute approximate surface area is 211 Å². The molecule has 1 saturated carbocycles. The van der Waals surface area contributed by atoms with E-state index in [0.717, 1.165) is 51.0 Å². The van der Waals surface area contributed by atoms with Crippen LogP contribution < -0.4 is 19.7 Å². The number of hydrogen-bond donors (Lipinski definition) is 4. The van der Waals surface area contributed by atoms with Crippen LogP contribution in [0.25, 0.3) is 0 Å². The lowest BCUT2D eigenvalue weighted by molar-refractivity contribution is -0.117. The molecule has 1 spiro atoms. The number of benzene rings is 1. The second-order valence-corrected chi connectivity index (χ2v) is 12.3. The van der Waals surface area contributed by atoms with Gasteiger partial charge in [-0.2, -0.15) is 8.42 Å². The van der Waals surface area contributed by atoms with Crippen LogP contribution in [0.5, 0.6) is 5.75 Å². The lowest BCUT2D eigenvalue weighted by Gasteiger charge is -2.38. The molecule has 12 heteroatoms. The van der Waals surface area contributed by atoms with E-state index in [1.165, 1.54) is 19.3 Å². The number of phenols is 1. The predicted molar refractivity (Wildman–Crippen MR) is 134 cm³/mol. The molecule has 200 valence electrons. The summed E-state index contributed by atoms with van der Waals surface area (Å²) >= 11 is 0. The summed E-state index contributed by atoms with van der Waals surface area (Å²) in [6.07, 6.45) is 7.14. The van der Waals surface area contributed by atoms with E-state index in [1.54, 1.807) is 4.72 Å². The summed E-state index contributed by atoms with van der Waals surface area (Å²) in [6, 6.07) is 1.44. The summed E-state index contributed by atoms with van der Waals surface area (Å²) in [5.74, 6) is -1.65. The highest BCUT2D eigenvalue weighted by atomic mass is 32.2. The van der Waals surface area contributed by atoms with E-state index in [2.05, 4.69) is 29.4 Å². The van der Waals surface area contributed by atoms with Crippen molar-refractivity contribution in [1.29, 1.82) is 0 Å². The van der Waals surface area contributed by atoms with Gasteiger partial charge in [-0.05, 0) is 49.1 Å². The highest BCUT2D eigenvalue weighted by molar-refractivity contribution is 7.92. The average Bonchev–Trinajstić information content (AvgIpc) is 3.25. The highest BCUT2D eigenvalue weighted by Gasteiger charge is 2.46. The summed E-state index contributed by atoms with van der Waals surface area (Å²) in [6.45, 7) is 7.36. The fourth-order valence-electron chi connectivity index (χ4n) is 5.80. The van der Waals surface area contributed by atoms with Crippen molar-refractivity contribution in [2.45, 2.75) is 52.4 Å². The van der Waals surface area contributed by atoms with Gasteiger partial charge in [0.15, 0.2) is 5.82 Å². The standard InChI is InChI=1S/C24H36FN5O5S/c1-16(2)6-9-29-13-17(24(15-29)7-4-3-5-8-24)12-26-23(33)27-18-10-19(25)22(20(31)11-18)30-14-21(32)28-36(30,34)35/h10-11,16-17,31H,3-9,12-15H2,1-2H3,(H,28,32)(H2,26,27,33). The SMILES string of the molecule is CC(C)CCN1CC(CNC(=O)Nc2cc(O)c(N3CC(=O)NS3(=O)=O)c(F)c2)C2(CCCCC2)C1. The zero-order valence-corrected chi connectivity index (χ0v) is 21.7. The van der Waals surface area contributed by atoms with E-state index in [0.29, 0.717) is 22.7 Å². The summed E-state index contributed by atoms with van der Waals surface area (Å²) < 4.78 is 40.9. The second-order valence-electron chi connectivity index (χ2n) is 10.7. The van der Waals surface area contributed by atoms with E-state index in [4.69, 9.17) is 0 Å². The molecule has 0 radical (unpaired) electrons. The normalized spacial score (nSPS) is 23.3. The number of rotatable bonds is 7. The van der Waals surface area contributed by atoms with Gasteiger partial charge in [-0.15, -0.1) is 0 Å². The van der Waals surface area contributed by atoms with E-state index in [-0.39, 0.29) is 11.1 Å². The third-order valence-corrected chi connectivity index (χ3v) is 9.01. The molecule has 0 bridgehead atoms. The van der Waals surface area contributed by atoms with Crippen molar-refractivity contribution in [1.82, 2.24) is 14.9 Å². The van der Waals surface area contributed by atoms with E-state index < -0.39 is 45.9 Å². The number of nitrogens with one attached hydrogen (secondary N) is 3. The fraction of sp³-hybridized carbons (Fsp3) is 0.667. The first-order chi connectivity index (χ1) is 17.0. The van der Waals surface area contributed by atoms with Crippen LogP contribution in [0.4, 0.5) is 20.6 Å². The summed E-state index contributed by atoms with van der Waals surface area (Å²) in [5, 5.41) is 15.7. The highest BCUT2D eigenvalue weighted by Crippen LogP contribution is 2.47. The number of amides is 3. The molecule has 1 aromatic carbocycles. The van der Waals surface area contributed by atoms with Crippen LogP contribution in [0.15, 0.2) is 12.1 Å². The minimum absolute atomic E-state index is 0.0282. The monoisotopic (exact) mass is 525 g/mol. The number of carbonyl (C=O) groups is 2. The Kier molecular flexibility index (Phi) is 7.65. The van der Waals surface area contributed by atoms with Crippen molar-refractivity contribution in [3.8, 4) is 5.75 Å². The molecule has 3 fully saturated rings. The molecule has 4 N–H and O–H groups in total. The molecule has 0 aromatic heterocycles. The summed E-state index contributed by atoms with van der Waals surface area (Å²) in [4.78, 5) is 26.6. The average molecular weight is 526 g/mol. The van der Waals surface area contributed by atoms with Crippen molar-refractivity contribution in [2.24, 2.45) is 17.3 Å². The Morgan fingerprint density at radius 1 is 1.28 bits per heavy atom. The van der Waals surface area contributed by atoms with Crippen LogP contribution in [0.2, 0.25) is 0 Å². The Bertz CT molecular complexity index is 1080. The van der Waals surface area contributed by atoms with Crippen LogP contribution in [0, 0.1) is 23.1 Å². The molecule has 3 aliphatic rings. The van der Waals surface area contributed by atoms with Gasteiger partial charge < -0.3 is 20.6 Å². The fourth-order valence-corrected chi connectivity index (χ4v) is 6.97. The van der Waals surface area contributed by atoms with Crippen molar-refractivity contribution in [2.75, 3.05) is 42.3 Å². The molecule has 1 aromatic rings. The van der Waals surface area contributed by atoms with Gasteiger partial charge in [0, 0.05) is 31.4 Å². The largest absolute Gasteiger partial charge is 0.506 e. The second kappa shape index (κ2) is 10.4. The molecule has 4 rings (SSSR count). The molecule has 2 saturated heterocycles. The number of likely N-dealkylation sites (tertiary alicyclic amines) is 1.